The molecule has 1 atom stereocenters. The Hall–Kier alpha value is -1.85. The van der Waals surface area contributed by atoms with Crippen LogP contribution in [0.1, 0.15) is 17.2 Å². The van der Waals surface area contributed by atoms with Crippen molar-refractivity contribution < 1.29 is 0 Å². The molecule has 3 aromatic rings. The predicted octanol–water partition coefficient (Wildman–Crippen LogP) is 2.83. The summed E-state index contributed by atoms with van der Waals surface area (Å²) in [7, 11) is 0. The van der Waals surface area contributed by atoms with Crippen molar-refractivity contribution in [2.45, 2.75) is 18.1 Å². The van der Waals surface area contributed by atoms with E-state index in [1.807, 2.05) is 40.9 Å². The molecule has 0 saturated heterocycles. The van der Waals surface area contributed by atoms with E-state index in [1.165, 1.54) is 11.1 Å². The number of nitrogens with two attached hydrogens (primary N) is 1. The van der Waals surface area contributed by atoms with Crippen LogP contribution in [0, 0.1) is 6.92 Å². The second-order valence-corrected chi connectivity index (χ2v) is 5.67. The molecule has 4 nitrogen and oxygen atoms in total. The number of benzene rings is 1. The van der Waals surface area contributed by atoms with E-state index in [0.29, 0.717) is 0 Å². The fourth-order valence-corrected chi connectivity index (χ4v) is 3.08. The maximum absolute atomic E-state index is 6.28. The van der Waals surface area contributed by atoms with Gasteiger partial charge in [-0.2, -0.15) is 0 Å². The van der Waals surface area contributed by atoms with Crippen LogP contribution in [-0.4, -0.2) is 20.4 Å². The predicted molar refractivity (Wildman–Crippen MR) is 81.8 cm³/mol. The van der Waals surface area contributed by atoms with Crippen LogP contribution in [0.5, 0.6) is 0 Å². The van der Waals surface area contributed by atoms with E-state index in [2.05, 4.69) is 29.3 Å². The fourth-order valence-electron chi connectivity index (χ4n) is 2.17. The van der Waals surface area contributed by atoms with Crippen LogP contribution in [-0.2, 0) is 0 Å². The van der Waals surface area contributed by atoms with Gasteiger partial charge in [-0.3, -0.25) is 4.40 Å². The average molecular weight is 284 g/mol. The van der Waals surface area contributed by atoms with Crippen molar-refractivity contribution >= 4 is 17.4 Å². The van der Waals surface area contributed by atoms with Crippen LogP contribution in [0.25, 0.3) is 5.65 Å². The Kier molecular flexibility index (Phi) is 3.71. The number of thioether (sulfide) groups is 1. The van der Waals surface area contributed by atoms with Crippen molar-refractivity contribution in [2.75, 3.05) is 5.75 Å². The Morgan fingerprint density at radius 2 is 1.95 bits per heavy atom. The molecule has 0 bridgehead atoms. The van der Waals surface area contributed by atoms with Crippen LogP contribution in [0.3, 0.4) is 0 Å². The highest BCUT2D eigenvalue weighted by atomic mass is 32.2. The van der Waals surface area contributed by atoms with Gasteiger partial charge in [-0.15, -0.1) is 10.2 Å². The van der Waals surface area contributed by atoms with Gasteiger partial charge in [0.15, 0.2) is 10.8 Å². The minimum atomic E-state index is -0.00253. The van der Waals surface area contributed by atoms with Gasteiger partial charge >= 0.3 is 0 Å². The van der Waals surface area contributed by atoms with E-state index in [4.69, 9.17) is 5.73 Å². The molecule has 0 amide bonds. The zero-order valence-electron chi connectivity index (χ0n) is 11.2. The number of hydrogen-bond acceptors (Lipinski definition) is 4. The monoisotopic (exact) mass is 284 g/mol. The van der Waals surface area contributed by atoms with Gasteiger partial charge in [-0.25, -0.2) is 0 Å². The number of rotatable bonds is 4. The normalized spacial score (nSPS) is 12.7. The molecule has 0 spiro atoms. The molecule has 102 valence electrons. The Balaban J connectivity index is 1.75. The van der Waals surface area contributed by atoms with Crippen molar-refractivity contribution in [1.29, 1.82) is 0 Å². The zero-order valence-corrected chi connectivity index (χ0v) is 12.0. The lowest BCUT2D eigenvalue weighted by atomic mass is 10.0. The molecule has 3 rings (SSSR count). The van der Waals surface area contributed by atoms with E-state index in [1.54, 1.807) is 11.8 Å². The third-order valence-corrected chi connectivity index (χ3v) is 4.32. The molecule has 2 N–H and O–H groups in total. The van der Waals surface area contributed by atoms with Crippen LogP contribution >= 0.6 is 11.8 Å². The molecule has 1 aromatic carbocycles. The molecule has 0 aliphatic rings. The van der Waals surface area contributed by atoms with Gasteiger partial charge in [0.05, 0.1) is 0 Å². The van der Waals surface area contributed by atoms with E-state index in [0.717, 1.165) is 16.6 Å². The maximum atomic E-state index is 6.28. The van der Waals surface area contributed by atoms with Gasteiger partial charge in [-0.05, 0) is 30.2 Å². The average Bonchev–Trinajstić information content (AvgIpc) is 2.88. The van der Waals surface area contributed by atoms with Gasteiger partial charge in [0, 0.05) is 18.0 Å². The van der Waals surface area contributed by atoms with E-state index < -0.39 is 0 Å². The Morgan fingerprint density at radius 1 is 1.15 bits per heavy atom. The van der Waals surface area contributed by atoms with Crippen molar-refractivity contribution in [3.05, 3.63) is 59.8 Å². The van der Waals surface area contributed by atoms with Crippen LogP contribution in [0.15, 0.2) is 53.8 Å². The smallest absolute Gasteiger partial charge is 0.195 e. The summed E-state index contributed by atoms with van der Waals surface area (Å²) in [5.41, 5.74) is 9.56. The second-order valence-electron chi connectivity index (χ2n) is 4.69. The van der Waals surface area contributed by atoms with Crippen LogP contribution < -0.4 is 5.73 Å². The molecule has 1 unspecified atom stereocenters. The number of aryl methyl sites for hydroxylation is 1. The molecule has 2 heterocycles. The molecule has 0 fully saturated rings. The zero-order chi connectivity index (χ0) is 13.9. The summed E-state index contributed by atoms with van der Waals surface area (Å²) in [6, 6.07) is 14.1. The van der Waals surface area contributed by atoms with Gasteiger partial charge in [-0.1, -0.05) is 42.1 Å². The highest BCUT2D eigenvalue weighted by Gasteiger charge is 2.11. The summed E-state index contributed by atoms with van der Waals surface area (Å²) in [5.74, 6) is 0.778. The summed E-state index contributed by atoms with van der Waals surface area (Å²) in [6.07, 6.45) is 1.97. The lowest BCUT2D eigenvalue weighted by Gasteiger charge is -2.13. The number of aromatic nitrogens is 3. The molecular formula is C15H16N4S. The summed E-state index contributed by atoms with van der Waals surface area (Å²) in [6.45, 7) is 2.09. The van der Waals surface area contributed by atoms with Crippen LogP contribution in [0.2, 0.25) is 0 Å². The summed E-state index contributed by atoms with van der Waals surface area (Å²) in [5, 5.41) is 9.22. The first kappa shape index (κ1) is 13.1. The second kappa shape index (κ2) is 5.64. The molecule has 0 radical (unpaired) electrons. The van der Waals surface area contributed by atoms with Gasteiger partial charge in [0.25, 0.3) is 0 Å². The molecule has 2 aromatic heterocycles. The fraction of sp³-hybridized carbons (Fsp3) is 0.200. The number of fused-ring (bicyclic) bond motifs is 1. The number of pyridine rings is 1. The lowest BCUT2D eigenvalue weighted by molar-refractivity contribution is 0.816. The topological polar surface area (TPSA) is 56.2 Å². The molecule has 5 heteroatoms. The van der Waals surface area contributed by atoms with Crippen molar-refractivity contribution in [3.63, 3.8) is 0 Å². The van der Waals surface area contributed by atoms with Crippen molar-refractivity contribution in [1.82, 2.24) is 14.6 Å². The first-order chi connectivity index (χ1) is 9.75. The number of hydrogen-bond donors (Lipinski definition) is 1. The van der Waals surface area contributed by atoms with Gasteiger partial charge in [0.2, 0.25) is 0 Å². The van der Waals surface area contributed by atoms with Crippen molar-refractivity contribution in [3.8, 4) is 0 Å². The molecule has 20 heavy (non-hydrogen) atoms. The molecule has 0 aliphatic heterocycles. The maximum Gasteiger partial charge on any atom is 0.195 e. The summed E-state index contributed by atoms with van der Waals surface area (Å²) >= 11 is 1.63. The van der Waals surface area contributed by atoms with Crippen LogP contribution in [0.4, 0.5) is 0 Å². The first-order valence-electron chi connectivity index (χ1n) is 6.49. The minimum absolute atomic E-state index is 0.00253. The standard InChI is InChI=1S/C15H16N4S/c1-11-6-2-3-7-12(11)13(16)10-20-15-18-17-14-8-4-5-9-19(14)15/h2-9,13H,10,16H2,1H3. The Morgan fingerprint density at radius 3 is 2.80 bits per heavy atom. The van der Waals surface area contributed by atoms with E-state index in [9.17, 15) is 0 Å². The largest absolute Gasteiger partial charge is 0.323 e. The Labute approximate surface area is 122 Å². The van der Waals surface area contributed by atoms with Crippen molar-refractivity contribution in [2.24, 2.45) is 5.73 Å². The molecule has 0 saturated carbocycles. The summed E-state index contributed by atoms with van der Waals surface area (Å²) in [4.78, 5) is 0. The summed E-state index contributed by atoms with van der Waals surface area (Å²) < 4.78 is 1.98. The molecular weight excluding hydrogens is 268 g/mol. The Bertz CT molecular complexity index is 722. The third kappa shape index (κ3) is 2.55. The van der Waals surface area contributed by atoms with E-state index in [-0.39, 0.29) is 6.04 Å². The third-order valence-electron chi connectivity index (χ3n) is 3.26. The molecule has 0 aliphatic carbocycles. The highest BCUT2D eigenvalue weighted by Crippen LogP contribution is 2.24. The number of nitrogens with zero attached hydrogens (tertiary/aromatic N) is 3. The van der Waals surface area contributed by atoms with Gasteiger partial charge in [0.1, 0.15) is 0 Å². The SMILES string of the molecule is Cc1ccccc1C(N)CSc1nnc2ccccn12. The minimum Gasteiger partial charge on any atom is -0.323 e. The first-order valence-corrected chi connectivity index (χ1v) is 7.48. The quantitative estimate of drug-likeness (QED) is 0.748. The van der Waals surface area contributed by atoms with Gasteiger partial charge < -0.3 is 5.73 Å². The highest BCUT2D eigenvalue weighted by molar-refractivity contribution is 7.99. The lowest BCUT2D eigenvalue weighted by Crippen LogP contribution is -2.14. The van der Waals surface area contributed by atoms with E-state index >= 15 is 0 Å².